The Kier molecular flexibility index (Phi) is 6.72. The Bertz CT molecular complexity index is 887. The Balaban J connectivity index is 1.41. The molecule has 8 nitrogen and oxygen atoms in total. The number of aromatic nitrogens is 1. The van der Waals surface area contributed by atoms with Crippen molar-refractivity contribution in [3.05, 3.63) is 42.5 Å². The van der Waals surface area contributed by atoms with E-state index in [9.17, 15) is 8.42 Å². The zero-order valence-electron chi connectivity index (χ0n) is 17.5. The van der Waals surface area contributed by atoms with Gasteiger partial charge in [-0.05, 0) is 57.2 Å². The summed E-state index contributed by atoms with van der Waals surface area (Å²) in [5.41, 5.74) is 0. The van der Waals surface area contributed by atoms with Crippen LogP contribution in [0.5, 0.6) is 0 Å². The van der Waals surface area contributed by atoms with E-state index in [2.05, 4.69) is 20.1 Å². The number of likely N-dealkylation sites (N-methyl/N-ethyl adjacent to an activating group) is 1. The lowest BCUT2D eigenvalue weighted by Crippen LogP contribution is -2.47. The van der Waals surface area contributed by atoms with Gasteiger partial charge in [-0.2, -0.15) is 4.31 Å². The molecule has 0 aliphatic carbocycles. The second-order valence-corrected chi connectivity index (χ2v) is 10.0. The fourth-order valence-corrected chi connectivity index (χ4v) is 5.50. The molecule has 1 N–H and O–H groups in total. The van der Waals surface area contributed by atoms with E-state index in [4.69, 9.17) is 4.42 Å². The number of piperidine rings is 1. The lowest BCUT2D eigenvalue weighted by molar-refractivity contribution is 0.153. The summed E-state index contributed by atoms with van der Waals surface area (Å²) in [5, 5.41) is 3.37. The Morgan fingerprint density at radius 1 is 1.07 bits per heavy atom. The Labute approximate surface area is 178 Å². The summed E-state index contributed by atoms with van der Waals surface area (Å²) >= 11 is 0. The summed E-state index contributed by atoms with van der Waals surface area (Å²) in [7, 11) is -1.49. The maximum atomic E-state index is 12.9. The number of pyridine rings is 1. The molecular formula is C21H31N5O3S. The summed E-state index contributed by atoms with van der Waals surface area (Å²) in [6.07, 6.45) is 6.85. The van der Waals surface area contributed by atoms with E-state index in [1.165, 1.54) is 25.5 Å². The quantitative estimate of drug-likeness (QED) is 0.717. The number of nitrogens with zero attached hydrogens (tertiary/aromatic N) is 4. The van der Waals surface area contributed by atoms with Crippen molar-refractivity contribution in [1.29, 1.82) is 0 Å². The molecule has 2 aromatic rings. The minimum Gasteiger partial charge on any atom is -0.468 e. The van der Waals surface area contributed by atoms with Crippen LogP contribution in [0.25, 0.3) is 0 Å². The van der Waals surface area contributed by atoms with Gasteiger partial charge in [0.2, 0.25) is 10.0 Å². The van der Waals surface area contributed by atoms with Gasteiger partial charge in [-0.15, -0.1) is 0 Å². The van der Waals surface area contributed by atoms with Crippen LogP contribution < -0.4 is 5.32 Å². The predicted octanol–water partition coefficient (Wildman–Crippen LogP) is 2.25. The highest BCUT2D eigenvalue weighted by Gasteiger charge is 2.28. The van der Waals surface area contributed by atoms with Gasteiger partial charge in [-0.1, -0.05) is 6.42 Å². The first kappa shape index (κ1) is 21.3. The molecule has 2 aromatic heterocycles. The normalized spacial score (nSPS) is 20.8. The van der Waals surface area contributed by atoms with Crippen LogP contribution in [0, 0.1) is 0 Å². The summed E-state index contributed by atoms with van der Waals surface area (Å²) in [4.78, 5) is 9.20. The first-order valence-electron chi connectivity index (χ1n) is 10.7. The number of furan rings is 1. The highest BCUT2D eigenvalue weighted by atomic mass is 32.2. The molecule has 164 valence electrons. The van der Waals surface area contributed by atoms with Crippen molar-refractivity contribution < 1.29 is 12.8 Å². The maximum Gasteiger partial charge on any atom is 0.244 e. The van der Waals surface area contributed by atoms with Crippen LogP contribution in [0.3, 0.4) is 0 Å². The van der Waals surface area contributed by atoms with Crippen molar-refractivity contribution in [1.82, 2.24) is 19.1 Å². The van der Waals surface area contributed by atoms with Crippen LogP contribution in [0.2, 0.25) is 0 Å². The molecule has 0 saturated carbocycles. The Morgan fingerprint density at radius 3 is 2.47 bits per heavy atom. The van der Waals surface area contributed by atoms with Crippen LogP contribution >= 0.6 is 0 Å². The molecule has 2 aliphatic heterocycles. The molecule has 30 heavy (non-hydrogen) atoms. The molecule has 2 saturated heterocycles. The fourth-order valence-electron chi connectivity index (χ4n) is 4.14. The van der Waals surface area contributed by atoms with Crippen LogP contribution in [-0.2, 0) is 10.0 Å². The second-order valence-electron chi connectivity index (χ2n) is 8.10. The van der Waals surface area contributed by atoms with Crippen LogP contribution in [-0.4, -0.2) is 80.4 Å². The summed E-state index contributed by atoms with van der Waals surface area (Å²) in [6.45, 7) is 5.29. The van der Waals surface area contributed by atoms with Gasteiger partial charge in [0, 0.05) is 38.9 Å². The minimum absolute atomic E-state index is 0.135. The number of hydrogen-bond donors (Lipinski definition) is 1. The molecule has 4 heterocycles. The SMILES string of the molecule is CN1CCN(S(=O)(=O)c2ccc(NC[C@H](c3ccco3)N3CCCCC3)nc2)CC1. The zero-order chi connectivity index (χ0) is 21.0. The average molecular weight is 434 g/mol. The second kappa shape index (κ2) is 9.47. The zero-order valence-corrected chi connectivity index (χ0v) is 18.4. The van der Waals surface area contributed by atoms with Crippen molar-refractivity contribution in [3.8, 4) is 0 Å². The van der Waals surface area contributed by atoms with E-state index in [1.54, 1.807) is 22.7 Å². The highest BCUT2D eigenvalue weighted by Crippen LogP contribution is 2.26. The number of rotatable bonds is 7. The van der Waals surface area contributed by atoms with Crippen molar-refractivity contribution in [3.63, 3.8) is 0 Å². The van der Waals surface area contributed by atoms with E-state index in [0.717, 1.165) is 31.9 Å². The highest BCUT2D eigenvalue weighted by molar-refractivity contribution is 7.89. The molecule has 4 rings (SSSR count). The number of likely N-dealkylation sites (tertiary alicyclic amines) is 1. The van der Waals surface area contributed by atoms with Crippen LogP contribution in [0.4, 0.5) is 5.82 Å². The standard InChI is InChI=1S/C21H31N5O3S/c1-24-11-13-26(14-12-24)30(27,28)18-7-8-21(22-16-18)23-17-19(20-6-5-15-29-20)25-9-3-2-4-10-25/h5-8,15-16,19H,2-4,9-14,17H2,1H3,(H,22,23)/t19-/m1/s1. The average Bonchev–Trinajstić information content (AvgIpc) is 3.30. The molecule has 0 aromatic carbocycles. The van der Waals surface area contributed by atoms with Crippen molar-refractivity contribution in [2.75, 3.05) is 58.2 Å². The molecule has 0 spiro atoms. The Morgan fingerprint density at radius 2 is 1.83 bits per heavy atom. The number of hydrogen-bond acceptors (Lipinski definition) is 7. The van der Waals surface area contributed by atoms with Gasteiger partial charge in [0.1, 0.15) is 16.5 Å². The maximum absolute atomic E-state index is 12.9. The lowest BCUT2D eigenvalue weighted by atomic mass is 10.1. The van der Waals surface area contributed by atoms with Gasteiger partial charge < -0.3 is 14.6 Å². The molecular weight excluding hydrogens is 402 g/mol. The summed E-state index contributed by atoms with van der Waals surface area (Å²) in [5.74, 6) is 1.61. The smallest absolute Gasteiger partial charge is 0.244 e. The van der Waals surface area contributed by atoms with Crippen molar-refractivity contribution in [2.24, 2.45) is 0 Å². The molecule has 1 atom stereocenters. The topological polar surface area (TPSA) is 81.9 Å². The number of anilines is 1. The molecule has 0 bridgehead atoms. The van der Waals surface area contributed by atoms with E-state index in [-0.39, 0.29) is 10.9 Å². The lowest BCUT2D eigenvalue weighted by Gasteiger charge is -2.33. The largest absolute Gasteiger partial charge is 0.468 e. The van der Waals surface area contributed by atoms with Crippen molar-refractivity contribution >= 4 is 15.8 Å². The summed E-state index contributed by atoms with van der Waals surface area (Å²) in [6, 6.07) is 7.46. The third-order valence-corrected chi connectivity index (χ3v) is 7.90. The number of nitrogens with one attached hydrogen (secondary N) is 1. The third kappa shape index (κ3) is 4.85. The van der Waals surface area contributed by atoms with E-state index < -0.39 is 10.0 Å². The van der Waals surface area contributed by atoms with Gasteiger partial charge in [-0.25, -0.2) is 13.4 Å². The molecule has 9 heteroatoms. The van der Waals surface area contributed by atoms with E-state index >= 15 is 0 Å². The molecule has 0 radical (unpaired) electrons. The monoisotopic (exact) mass is 433 g/mol. The molecule has 2 fully saturated rings. The molecule has 0 unspecified atom stereocenters. The van der Waals surface area contributed by atoms with Gasteiger partial charge in [0.25, 0.3) is 0 Å². The van der Waals surface area contributed by atoms with Crippen molar-refractivity contribution in [2.45, 2.75) is 30.2 Å². The fraction of sp³-hybridized carbons (Fsp3) is 0.571. The Hall–Kier alpha value is -1.94. The molecule has 2 aliphatic rings. The van der Waals surface area contributed by atoms with Gasteiger partial charge in [-0.3, -0.25) is 4.90 Å². The first-order chi connectivity index (χ1) is 14.5. The van der Waals surface area contributed by atoms with Crippen LogP contribution in [0.1, 0.15) is 31.1 Å². The van der Waals surface area contributed by atoms with E-state index in [0.29, 0.717) is 25.5 Å². The van der Waals surface area contributed by atoms with Gasteiger partial charge in [0.15, 0.2) is 0 Å². The number of piperazine rings is 1. The predicted molar refractivity (Wildman–Crippen MR) is 116 cm³/mol. The van der Waals surface area contributed by atoms with Gasteiger partial charge >= 0.3 is 0 Å². The third-order valence-electron chi connectivity index (χ3n) is 6.02. The van der Waals surface area contributed by atoms with Gasteiger partial charge in [0.05, 0.1) is 12.3 Å². The van der Waals surface area contributed by atoms with Crippen LogP contribution in [0.15, 0.2) is 46.0 Å². The molecule has 0 amide bonds. The minimum atomic E-state index is -3.49. The summed E-state index contributed by atoms with van der Waals surface area (Å²) < 4.78 is 32.9. The number of sulfonamides is 1. The van der Waals surface area contributed by atoms with E-state index in [1.807, 2.05) is 19.2 Å². The first-order valence-corrected chi connectivity index (χ1v) is 12.1.